The third-order valence-electron chi connectivity index (χ3n) is 3.38. The first kappa shape index (κ1) is 13.7. The SMILES string of the molecule is COc1ccc(OC)c(CCN2CC(N)CC2=O)c1. The third kappa shape index (κ3) is 3.17. The summed E-state index contributed by atoms with van der Waals surface area (Å²) in [6, 6.07) is 5.66. The van der Waals surface area contributed by atoms with Crippen LogP contribution in [0.1, 0.15) is 12.0 Å². The number of likely N-dealkylation sites (tertiary alicyclic amines) is 1. The van der Waals surface area contributed by atoms with Crippen LogP contribution in [-0.2, 0) is 11.2 Å². The van der Waals surface area contributed by atoms with E-state index in [0.29, 0.717) is 19.5 Å². The molecule has 0 saturated carbocycles. The minimum atomic E-state index is -0.0281. The Morgan fingerprint density at radius 2 is 2.16 bits per heavy atom. The Kier molecular flexibility index (Phi) is 4.27. The van der Waals surface area contributed by atoms with Crippen LogP contribution >= 0.6 is 0 Å². The highest BCUT2D eigenvalue weighted by molar-refractivity contribution is 5.79. The van der Waals surface area contributed by atoms with Crippen molar-refractivity contribution in [3.05, 3.63) is 23.8 Å². The van der Waals surface area contributed by atoms with Gasteiger partial charge in [0.25, 0.3) is 0 Å². The Morgan fingerprint density at radius 1 is 1.37 bits per heavy atom. The Bertz CT molecular complexity index is 462. The lowest BCUT2D eigenvalue weighted by molar-refractivity contribution is -0.127. The number of amides is 1. The molecule has 0 aromatic heterocycles. The maximum absolute atomic E-state index is 11.7. The van der Waals surface area contributed by atoms with Crippen molar-refractivity contribution in [1.82, 2.24) is 4.90 Å². The molecule has 104 valence electrons. The van der Waals surface area contributed by atoms with Crippen LogP contribution in [0.2, 0.25) is 0 Å². The number of ether oxygens (including phenoxy) is 2. The molecule has 0 bridgehead atoms. The zero-order valence-electron chi connectivity index (χ0n) is 11.4. The summed E-state index contributed by atoms with van der Waals surface area (Å²) in [6.07, 6.45) is 1.19. The zero-order chi connectivity index (χ0) is 13.8. The van der Waals surface area contributed by atoms with Gasteiger partial charge in [0.15, 0.2) is 0 Å². The van der Waals surface area contributed by atoms with Gasteiger partial charge in [-0.25, -0.2) is 0 Å². The van der Waals surface area contributed by atoms with E-state index in [4.69, 9.17) is 15.2 Å². The molecule has 1 amide bonds. The summed E-state index contributed by atoms with van der Waals surface area (Å²) in [4.78, 5) is 13.5. The minimum absolute atomic E-state index is 0.0281. The van der Waals surface area contributed by atoms with Crippen LogP contribution in [0.15, 0.2) is 18.2 Å². The van der Waals surface area contributed by atoms with Gasteiger partial charge in [0.05, 0.1) is 14.2 Å². The molecule has 0 aliphatic carbocycles. The van der Waals surface area contributed by atoms with Crippen LogP contribution in [0, 0.1) is 0 Å². The molecule has 0 spiro atoms. The zero-order valence-corrected chi connectivity index (χ0v) is 11.4. The fourth-order valence-corrected chi connectivity index (χ4v) is 2.35. The minimum Gasteiger partial charge on any atom is -0.497 e. The van der Waals surface area contributed by atoms with Crippen LogP contribution < -0.4 is 15.2 Å². The average Bonchev–Trinajstić information content (AvgIpc) is 2.74. The maximum Gasteiger partial charge on any atom is 0.224 e. The number of carbonyl (C=O) groups excluding carboxylic acids is 1. The molecule has 5 nitrogen and oxygen atoms in total. The lowest BCUT2D eigenvalue weighted by Gasteiger charge is -2.17. The maximum atomic E-state index is 11.7. The molecule has 1 saturated heterocycles. The van der Waals surface area contributed by atoms with Crippen molar-refractivity contribution >= 4 is 5.91 Å². The van der Waals surface area contributed by atoms with Crippen molar-refractivity contribution in [2.75, 3.05) is 27.3 Å². The van der Waals surface area contributed by atoms with Crippen LogP contribution in [0.25, 0.3) is 0 Å². The van der Waals surface area contributed by atoms with E-state index in [0.717, 1.165) is 23.5 Å². The molecule has 0 radical (unpaired) electrons. The van der Waals surface area contributed by atoms with Crippen molar-refractivity contribution < 1.29 is 14.3 Å². The average molecular weight is 264 g/mol. The highest BCUT2D eigenvalue weighted by Crippen LogP contribution is 2.25. The Balaban J connectivity index is 2.04. The molecule has 1 aliphatic heterocycles. The second-order valence-electron chi connectivity index (χ2n) is 4.73. The molecule has 1 heterocycles. The second-order valence-corrected chi connectivity index (χ2v) is 4.73. The van der Waals surface area contributed by atoms with Gasteiger partial charge in [0.1, 0.15) is 11.5 Å². The fourth-order valence-electron chi connectivity index (χ4n) is 2.35. The van der Waals surface area contributed by atoms with Gasteiger partial charge >= 0.3 is 0 Å². The van der Waals surface area contributed by atoms with E-state index < -0.39 is 0 Å². The van der Waals surface area contributed by atoms with Crippen molar-refractivity contribution in [2.45, 2.75) is 18.9 Å². The summed E-state index contributed by atoms with van der Waals surface area (Å²) in [5.74, 6) is 1.74. The number of nitrogens with zero attached hydrogens (tertiary/aromatic N) is 1. The number of methoxy groups -OCH3 is 2. The molecule has 1 aromatic rings. The third-order valence-corrected chi connectivity index (χ3v) is 3.38. The molecule has 2 rings (SSSR count). The van der Waals surface area contributed by atoms with Gasteiger partial charge in [-0.3, -0.25) is 4.79 Å². The van der Waals surface area contributed by atoms with Crippen LogP contribution in [0.4, 0.5) is 0 Å². The Hall–Kier alpha value is -1.75. The van der Waals surface area contributed by atoms with E-state index >= 15 is 0 Å². The Labute approximate surface area is 113 Å². The normalized spacial score (nSPS) is 18.8. The highest BCUT2D eigenvalue weighted by Gasteiger charge is 2.26. The van der Waals surface area contributed by atoms with E-state index in [9.17, 15) is 4.79 Å². The van der Waals surface area contributed by atoms with Gasteiger partial charge in [0.2, 0.25) is 5.91 Å². The first-order chi connectivity index (χ1) is 9.13. The smallest absolute Gasteiger partial charge is 0.224 e. The molecule has 1 aliphatic rings. The number of carbonyl (C=O) groups is 1. The standard InChI is InChI=1S/C14H20N2O3/c1-18-12-3-4-13(19-2)10(7-12)5-6-16-9-11(15)8-14(16)17/h3-4,7,11H,5-6,8-9,15H2,1-2H3. The van der Waals surface area contributed by atoms with E-state index in [-0.39, 0.29) is 11.9 Å². The molecular formula is C14H20N2O3. The van der Waals surface area contributed by atoms with E-state index in [1.54, 1.807) is 14.2 Å². The molecule has 5 heteroatoms. The summed E-state index contributed by atoms with van der Waals surface area (Å²) in [5, 5.41) is 0. The molecule has 19 heavy (non-hydrogen) atoms. The summed E-state index contributed by atoms with van der Waals surface area (Å²) < 4.78 is 10.5. The van der Waals surface area contributed by atoms with Gasteiger partial charge < -0.3 is 20.1 Å². The lowest BCUT2D eigenvalue weighted by Crippen LogP contribution is -2.30. The summed E-state index contributed by atoms with van der Waals surface area (Å²) >= 11 is 0. The molecule has 1 fully saturated rings. The monoisotopic (exact) mass is 264 g/mol. The summed E-state index contributed by atoms with van der Waals surface area (Å²) in [5.41, 5.74) is 6.82. The number of hydrogen-bond donors (Lipinski definition) is 1. The number of benzene rings is 1. The van der Waals surface area contributed by atoms with Crippen molar-refractivity contribution in [2.24, 2.45) is 5.73 Å². The lowest BCUT2D eigenvalue weighted by atomic mass is 10.1. The molecule has 1 unspecified atom stereocenters. The van der Waals surface area contributed by atoms with Crippen molar-refractivity contribution in [1.29, 1.82) is 0 Å². The number of nitrogens with two attached hydrogens (primary N) is 1. The van der Waals surface area contributed by atoms with Crippen molar-refractivity contribution in [3.8, 4) is 11.5 Å². The fraction of sp³-hybridized carbons (Fsp3) is 0.500. The number of hydrogen-bond acceptors (Lipinski definition) is 4. The predicted octanol–water partition coefficient (Wildman–Crippen LogP) is 0.806. The second kappa shape index (κ2) is 5.93. The Morgan fingerprint density at radius 3 is 2.74 bits per heavy atom. The predicted molar refractivity (Wildman–Crippen MR) is 72.4 cm³/mol. The summed E-state index contributed by atoms with van der Waals surface area (Å²) in [7, 11) is 3.27. The summed E-state index contributed by atoms with van der Waals surface area (Å²) in [6.45, 7) is 1.31. The molecule has 2 N–H and O–H groups in total. The molecular weight excluding hydrogens is 244 g/mol. The van der Waals surface area contributed by atoms with Crippen molar-refractivity contribution in [3.63, 3.8) is 0 Å². The first-order valence-electron chi connectivity index (χ1n) is 6.38. The van der Waals surface area contributed by atoms with Crippen LogP contribution in [-0.4, -0.2) is 44.2 Å². The van der Waals surface area contributed by atoms with E-state index in [2.05, 4.69) is 0 Å². The molecule has 1 aromatic carbocycles. The highest BCUT2D eigenvalue weighted by atomic mass is 16.5. The van der Waals surface area contributed by atoms with E-state index in [1.807, 2.05) is 23.1 Å². The van der Waals surface area contributed by atoms with E-state index in [1.165, 1.54) is 0 Å². The van der Waals surface area contributed by atoms with Gasteiger partial charge in [0, 0.05) is 25.6 Å². The largest absolute Gasteiger partial charge is 0.497 e. The topological polar surface area (TPSA) is 64.8 Å². The van der Waals surface area contributed by atoms with Crippen LogP contribution in [0.5, 0.6) is 11.5 Å². The van der Waals surface area contributed by atoms with Gasteiger partial charge in [-0.1, -0.05) is 0 Å². The first-order valence-corrected chi connectivity index (χ1v) is 6.38. The van der Waals surface area contributed by atoms with Crippen LogP contribution in [0.3, 0.4) is 0 Å². The molecule has 1 atom stereocenters. The van der Waals surface area contributed by atoms with Gasteiger partial charge in [-0.2, -0.15) is 0 Å². The number of rotatable bonds is 5. The van der Waals surface area contributed by atoms with Gasteiger partial charge in [-0.05, 0) is 30.2 Å². The van der Waals surface area contributed by atoms with Gasteiger partial charge in [-0.15, -0.1) is 0 Å². The quantitative estimate of drug-likeness (QED) is 0.854.